The molecule has 0 N–H and O–H groups in total. The number of rotatable bonds is 5. The van der Waals surface area contributed by atoms with Gasteiger partial charge in [-0.1, -0.05) is 35.4 Å². The Morgan fingerprint density at radius 3 is 1.84 bits per heavy atom. The maximum absolute atomic E-state index is 13.6. The second kappa shape index (κ2) is 7.74. The fourth-order valence-electron chi connectivity index (χ4n) is 3.27. The highest BCUT2D eigenvalue weighted by Gasteiger charge is 2.34. The van der Waals surface area contributed by atoms with Crippen LogP contribution in [-0.2, 0) is 19.9 Å². The predicted octanol–water partition coefficient (Wildman–Crippen LogP) is 4.61. The average Bonchev–Trinajstić information content (AvgIpc) is 3.36. The smallest absolute Gasteiger partial charge is 0.218 e. The van der Waals surface area contributed by atoms with Crippen molar-refractivity contribution in [3.05, 3.63) is 82.2 Å². The molecular formula is C22H20N2O4S3. The van der Waals surface area contributed by atoms with Gasteiger partial charge in [0.15, 0.2) is 0 Å². The normalized spacial score (nSPS) is 12.2. The average molecular weight is 473 g/mol. The lowest BCUT2D eigenvalue weighted by atomic mass is 10.2. The molecule has 0 spiro atoms. The summed E-state index contributed by atoms with van der Waals surface area (Å²) in [7, 11) is -8.13. The highest BCUT2D eigenvalue weighted by Crippen LogP contribution is 2.37. The van der Waals surface area contributed by atoms with E-state index in [-0.39, 0.29) is 26.1 Å². The third kappa shape index (κ3) is 3.73. The Morgan fingerprint density at radius 1 is 0.774 bits per heavy atom. The summed E-state index contributed by atoms with van der Waals surface area (Å²) < 4.78 is 54.8. The van der Waals surface area contributed by atoms with E-state index in [1.54, 1.807) is 41.1 Å². The topological polar surface area (TPSA) is 86.1 Å². The molecule has 0 aliphatic carbocycles. The second-order valence-corrected chi connectivity index (χ2v) is 11.7. The van der Waals surface area contributed by atoms with Crippen molar-refractivity contribution in [2.75, 3.05) is 0 Å². The van der Waals surface area contributed by atoms with E-state index in [0.717, 1.165) is 15.2 Å². The van der Waals surface area contributed by atoms with Crippen LogP contribution in [0.3, 0.4) is 0 Å². The van der Waals surface area contributed by atoms with Crippen LogP contribution in [0.4, 0.5) is 0 Å². The van der Waals surface area contributed by atoms with Crippen LogP contribution in [-0.4, -0.2) is 26.0 Å². The lowest BCUT2D eigenvalue weighted by Crippen LogP contribution is -2.16. The van der Waals surface area contributed by atoms with E-state index in [1.165, 1.54) is 42.5 Å². The van der Waals surface area contributed by atoms with Gasteiger partial charge in [0.25, 0.3) is 10.0 Å². The maximum atomic E-state index is 13.6. The largest absolute Gasteiger partial charge is 0.283 e. The van der Waals surface area contributed by atoms with Gasteiger partial charge in [0, 0.05) is 10.9 Å². The van der Waals surface area contributed by atoms with Crippen molar-refractivity contribution in [1.82, 2.24) is 9.19 Å². The molecule has 2 aromatic heterocycles. The Labute approximate surface area is 185 Å². The molecule has 31 heavy (non-hydrogen) atoms. The molecular weight excluding hydrogens is 452 g/mol. The Bertz CT molecular complexity index is 1450. The van der Waals surface area contributed by atoms with Gasteiger partial charge in [0.1, 0.15) is 10.6 Å². The first-order chi connectivity index (χ1) is 14.6. The first kappa shape index (κ1) is 21.5. The highest BCUT2D eigenvalue weighted by molar-refractivity contribution is 7.92. The van der Waals surface area contributed by atoms with Crippen LogP contribution in [0.2, 0.25) is 0 Å². The molecule has 4 rings (SSSR count). The molecule has 0 aliphatic heterocycles. The van der Waals surface area contributed by atoms with Crippen LogP contribution in [0.5, 0.6) is 0 Å². The van der Waals surface area contributed by atoms with E-state index >= 15 is 0 Å². The fourth-order valence-corrected chi connectivity index (χ4v) is 6.94. The molecule has 0 saturated heterocycles. The molecule has 0 amide bonds. The molecule has 0 bridgehead atoms. The monoisotopic (exact) mass is 472 g/mol. The summed E-state index contributed by atoms with van der Waals surface area (Å²) in [4.78, 5) is 0.0202. The lowest BCUT2D eigenvalue weighted by Gasteiger charge is -2.11. The molecule has 0 saturated carbocycles. The summed E-state index contributed by atoms with van der Waals surface area (Å²) in [6.07, 6.45) is 0. The Balaban J connectivity index is 2.02. The summed E-state index contributed by atoms with van der Waals surface area (Å²) in [6.45, 7) is 5.24. The molecule has 6 nitrogen and oxygen atoms in total. The maximum Gasteiger partial charge on any atom is 0.283 e. The molecule has 0 fully saturated rings. The Morgan fingerprint density at radius 2 is 1.32 bits per heavy atom. The number of aromatic nitrogens is 2. The molecule has 2 heterocycles. The molecule has 160 valence electrons. The molecule has 4 aromatic rings. The minimum Gasteiger partial charge on any atom is -0.218 e. The van der Waals surface area contributed by atoms with Crippen LogP contribution in [0.1, 0.15) is 16.8 Å². The van der Waals surface area contributed by atoms with Crippen molar-refractivity contribution in [1.29, 1.82) is 0 Å². The molecule has 9 heteroatoms. The quantitative estimate of drug-likeness (QED) is 0.423. The summed E-state index contributed by atoms with van der Waals surface area (Å²) in [5, 5.41) is 7.68. The van der Waals surface area contributed by atoms with Gasteiger partial charge in [-0.25, -0.2) is 8.42 Å². The SMILES string of the molecule is Cc1ccc(S(=O)(=O)c2c(C)nn(S(=O)(=O)c3ccc(C)cc3)c2-c2ccsc2)cc1. The number of benzene rings is 2. The van der Waals surface area contributed by atoms with Gasteiger partial charge in [-0.15, -0.1) is 0 Å². The minimum absolute atomic E-state index is 0.0383. The zero-order valence-electron chi connectivity index (χ0n) is 17.1. The molecule has 0 radical (unpaired) electrons. The van der Waals surface area contributed by atoms with E-state index < -0.39 is 19.9 Å². The van der Waals surface area contributed by atoms with Crippen molar-refractivity contribution in [2.24, 2.45) is 0 Å². The molecule has 0 unspecified atom stereocenters. The first-order valence-corrected chi connectivity index (χ1v) is 13.2. The van der Waals surface area contributed by atoms with E-state index in [9.17, 15) is 16.8 Å². The van der Waals surface area contributed by atoms with Crippen molar-refractivity contribution >= 4 is 31.2 Å². The van der Waals surface area contributed by atoms with Crippen LogP contribution in [0.15, 0.2) is 80.0 Å². The van der Waals surface area contributed by atoms with Crippen LogP contribution >= 0.6 is 11.3 Å². The van der Waals surface area contributed by atoms with Gasteiger partial charge < -0.3 is 0 Å². The number of hydrogen-bond donors (Lipinski definition) is 0. The first-order valence-electron chi connectivity index (χ1n) is 9.38. The number of nitrogens with zero attached hydrogens (tertiary/aromatic N) is 2. The molecule has 0 aliphatic rings. The van der Waals surface area contributed by atoms with E-state index in [4.69, 9.17) is 0 Å². The van der Waals surface area contributed by atoms with Gasteiger partial charge in [0.2, 0.25) is 9.84 Å². The van der Waals surface area contributed by atoms with Crippen molar-refractivity contribution < 1.29 is 16.8 Å². The minimum atomic E-state index is -4.12. The van der Waals surface area contributed by atoms with Crippen LogP contribution in [0, 0.1) is 20.8 Å². The number of sulfone groups is 1. The number of aryl methyl sites for hydroxylation is 3. The third-order valence-corrected chi connectivity index (χ3v) is 9.11. The zero-order chi connectivity index (χ0) is 22.4. The third-order valence-electron chi connectivity index (χ3n) is 4.92. The second-order valence-electron chi connectivity index (χ2n) is 7.25. The Hall–Kier alpha value is -2.75. The molecule has 2 aromatic carbocycles. The summed E-state index contributed by atoms with van der Waals surface area (Å²) in [5.41, 5.74) is 2.48. The van der Waals surface area contributed by atoms with Gasteiger partial charge in [0.05, 0.1) is 15.5 Å². The van der Waals surface area contributed by atoms with Gasteiger partial charge in [-0.3, -0.25) is 0 Å². The Kier molecular flexibility index (Phi) is 5.36. The zero-order valence-corrected chi connectivity index (χ0v) is 19.6. The van der Waals surface area contributed by atoms with Crippen LogP contribution < -0.4 is 0 Å². The highest BCUT2D eigenvalue weighted by atomic mass is 32.2. The number of thiophene rings is 1. The lowest BCUT2D eigenvalue weighted by molar-refractivity contribution is 0.580. The van der Waals surface area contributed by atoms with E-state index in [1.807, 2.05) is 13.8 Å². The van der Waals surface area contributed by atoms with Crippen molar-refractivity contribution in [3.8, 4) is 11.3 Å². The van der Waals surface area contributed by atoms with Gasteiger partial charge in [-0.05, 0) is 56.5 Å². The standard InChI is InChI=1S/C22H20N2O4S3/c1-15-4-8-19(9-5-15)30(25,26)22-17(3)23-24(21(22)18-12-13-29-14-18)31(27,28)20-10-6-16(2)7-11-20/h4-14H,1-3H3. The van der Waals surface area contributed by atoms with E-state index in [2.05, 4.69) is 5.10 Å². The van der Waals surface area contributed by atoms with E-state index in [0.29, 0.717) is 5.56 Å². The fraction of sp³-hybridized carbons (Fsp3) is 0.136. The van der Waals surface area contributed by atoms with Gasteiger partial charge >= 0.3 is 0 Å². The molecule has 0 atom stereocenters. The number of hydrogen-bond acceptors (Lipinski definition) is 6. The summed E-state index contributed by atoms with van der Waals surface area (Å²) >= 11 is 1.35. The van der Waals surface area contributed by atoms with Gasteiger partial charge in [-0.2, -0.15) is 28.9 Å². The predicted molar refractivity (Wildman–Crippen MR) is 121 cm³/mol. The van der Waals surface area contributed by atoms with Crippen LogP contribution in [0.25, 0.3) is 11.3 Å². The summed E-state index contributed by atoms with van der Waals surface area (Å²) in [5.74, 6) is 0. The van der Waals surface area contributed by atoms with Crippen molar-refractivity contribution in [3.63, 3.8) is 0 Å². The summed E-state index contributed by atoms with van der Waals surface area (Å²) in [6, 6.07) is 14.5. The van der Waals surface area contributed by atoms with Crippen molar-refractivity contribution in [2.45, 2.75) is 35.5 Å².